The third kappa shape index (κ3) is 3.59. The van der Waals surface area contributed by atoms with Crippen LogP contribution in [0.4, 0.5) is 5.69 Å². The molecule has 0 atom stereocenters. The number of amides is 1. The lowest BCUT2D eigenvalue weighted by atomic mass is 9.86. The second-order valence-corrected chi connectivity index (χ2v) is 5.56. The molecule has 4 nitrogen and oxygen atoms in total. The fourth-order valence-corrected chi connectivity index (χ4v) is 1.92. The van der Waals surface area contributed by atoms with E-state index < -0.39 is 5.41 Å². The number of carbonyl (C=O) groups is 1. The molecule has 1 amide bonds. The van der Waals surface area contributed by atoms with E-state index >= 15 is 0 Å². The van der Waals surface area contributed by atoms with Crippen molar-refractivity contribution in [3.63, 3.8) is 0 Å². The van der Waals surface area contributed by atoms with Gasteiger partial charge in [-0.15, -0.1) is 0 Å². The van der Waals surface area contributed by atoms with E-state index in [1.807, 2.05) is 26.0 Å². The van der Waals surface area contributed by atoms with Gasteiger partial charge in [-0.2, -0.15) is 5.26 Å². The van der Waals surface area contributed by atoms with Gasteiger partial charge in [-0.05, 0) is 43.7 Å². The minimum absolute atomic E-state index is 0.254. The van der Waals surface area contributed by atoms with E-state index in [2.05, 4.69) is 16.4 Å². The van der Waals surface area contributed by atoms with Crippen molar-refractivity contribution in [2.75, 3.05) is 5.32 Å². The fourth-order valence-electron chi connectivity index (χ4n) is 1.76. The molecule has 0 aliphatic heterocycles. The maximum Gasteiger partial charge on any atom is 0.274 e. The summed E-state index contributed by atoms with van der Waals surface area (Å²) in [6.45, 7) is 3.69. The summed E-state index contributed by atoms with van der Waals surface area (Å²) in [4.78, 5) is 16.0. The predicted octanol–water partition coefficient (Wildman–Crippen LogP) is 3.79. The Morgan fingerprint density at radius 3 is 2.52 bits per heavy atom. The van der Waals surface area contributed by atoms with Gasteiger partial charge in [0.05, 0.1) is 11.5 Å². The minimum Gasteiger partial charge on any atom is -0.321 e. The van der Waals surface area contributed by atoms with E-state index in [-0.39, 0.29) is 11.6 Å². The first-order valence-corrected chi connectivity index (χ1v) is 6.75. The molecule has 1 aromatic heterocycles. The van der Waals surface area contributed by atoms with Crippen LogP contribution in [0.3, 0.4) is 0 Å². The fraction of sp³-hybridized carbons (Fsp3) is 0.188. The first-order valence-electron chi connectivity index (χ1n) is 6.37. The summed E-state index contributed by atoms with van der Waals surface area (Å²) in [5, 5.41) is 12.3. The molecule has 106 valence electrons. The number of anilines is 1. The van der Waals surface area contributed by atoms with Gasteiger partial charge in [0.25, 0.3) is 5.91 Å². The number of benzene rings is 1. The number of hydrogen-bond donors (Lipinski definition) is 1. The van der Waals surface area contributed by atoms with Crippen molar-refractivity contribution in [1.82, 2.24) is 4.98 Å². The molecule has 2 rings (SSSR count). The highest BCUT2D eigenvalue weighted by molar-refractivity contribution is 6.30. The maximum absolute atomic E-state index is 12.0. The maximum atomic E-state index is 12.0. The molecule has 1 N–H and O–H groups in total. The van der Waals surface area contributed by atoms with Crippen molar-refractivity contribution in [3.8, 4) is 6.07 Å². The molecular weight excluding hydrogens is 286 g/mol. The number of carbonyl (C=O) groups excluding carboxylic acids is 1. The van der Waals surface area contributed by atoms with E-state index in [9.17, 15) is 4.79 Å². The molecule has 0 fully saturated rings. The normalized spacial score (nSPS) is 10.8. The topological polar surface area (TPSA) is 65.8 Å². The molecule has 0 saturated carbocycles. The second-order valence-electron chi connectivity index (χ2n) is 5.13. The van der Waals surface area contributed by atoms with E-state index in [0.717, 1.165) is 5.56 Å². The number of aromatic nitrogens is 1. The lowest BCUT2D eigenvalue weighted by Gasteiger charge is -2.16. The number of rotatable bonds is 3. The number of nitriles is 1. The molecule has 0 saturated heterocycles. The zero-order valence-corrected chi connectivity index (χ0v) is 12.5. The molecule has 5 heteroatoms. The molecule has 1 aromatic carbocycles. The van der Waals surface area contributed by atoms with Gasteiger partial charge in [-0.1, -0.05) is 23.7 Å². The lowest BCUT2D eigenvalue weighted by molar-refractivity contribution is 0.102. The first kappa shape index (κ1) is 15.0. The minimum atomic E-state index is -0.558. The lowest BCUT2D eigenvalue weighted by Crippen LogP contribution is -2.15. The Labute approximate surface area is 128 Å². The largest absolute Gasteiger partial charge is 0.321 e. The van der Waals surface area contributed by atoms with Crippen molar-refractivity contribution in [2.45, 2.75) is 19.3 Å². The van der Waals surface area contributed by atoms with Gasteiger partial charge in [0.2, 0.25) is 0 Å². The Balaban J connectivity index is 2.14. The standard InChI is InChI=1S/C16H14ClN3O/c1-16(2,10-18)11-3-5-13(6-4-11)20-15(21)14-9-12(17)7-8-19-14/h3-9H,1-2H3,(H,20,21). The second kappa shape index (κ2) is 5.94. The smallest absolute Gasteiger partial charge is 0.274 e. The van der Waals surface area contributed by atoms with Crippen LogP contribution in [0.25, 0.3) is 0 Å². The Morgan fingerprint density at radius 1 is 1.29 bits per heavy atom. The third-order valence-electron chi connectivity index (χ3n) is 3.10. The van der Waals surface area contributed by atoms with E-state index in [0.29, 0.717) is 10.7 Å². The predicted molar refractivity (Wildman–Crippen MR) is 82.3 cm³/mol. The van der Waals surface area contributed by atoms with Gasteiger partial charge in [-0.3, -0.25) is 9.78 Å². The molecular formula is C16H14ClN3O. The average molecular weight is 300 g/mol. The third-order valence-corrected chi connectivity index (χ3v) is 3.33. The van der Waals surface area contributed by atoms with E-state index in [4.69, 9.17) is 16.9 Å². The molecule has 0 bridgehead atoms. The molecule has 21 heavy (non-hydrogen) atoms. The SMILES string of the molecule is CC(C)(C#N)c1ccc(NC(=O)c2cc(Cl)ccn2)cc1. The molecule has 0 spiro atoms. The Bertz CT molecular complexity index is 702. The molecule has 0 radical (unpaired) electrons. The van der Waals surface area contributed by atoms with Crippen LogP contribution in [-0.2, 0) is 5.41 Å². The molecule has 0 aliphatic carbocycles. The van der Waals surface area contributed by atoms with Gasteiger partial charge in [0.15, 0.2) is 0 Å². The van der Waals surface area contributed by atoms with Gasteiger partial charge in [0, 0.05) is 16.9 Å². The first-order chi connectivity index (χ1) is 9.92. The zero-order chi connectivity index (χ0) is 15.5. The highest BCUT2D eigenvalue weighted by Crippen LogP contribution is 2.23. The summed E-state index contributed by atoms with van der Waals surface area (Å²) >= 11 is 5.83. The summed E-state index contributed by atoms with van der Waals surface area (Å²) in [5.74, 6) is -0.329. The average Bonchev–Trinajstić information content (AvgIpc) is 2.48. The number of hydrogen-bond acceptors (Lipinski definition) is 3. The van der Waals surface area contributed by atoms with E-state index in [1.54, 1.807) is 18.2 Å². The van der Waals surface area contributed by atoms with Crippen LogP contribution in [0.15, 0.2) is 42.6 Å². The Kier molecular flexibility index (Phi) is 4.25. The summed E-state index contributed by atoms with van der Waals surface area (Å²) in [6.07, 6.45) is 1.48. The molecule has 1 heterocycles. The van der Waals surface area contributed by atoms with Crippen molar-refractivity contribution in [2.24, 2.45) is 0 Å². The van der Waals surface area contributed by atoms with Crippen LogP contribution in [0.5, 0.6) is 0 Å². The van der Waals surface area contributed by atoms with Crippen LogP contribution in [0.2, 0.25) is 5.02 Å². The van der Waals surface area contributed by atoms with Gasteiger partial charge < -0.3 is 5.32 Å². The summed E-state index contributed by atoms with van der Waals surface area (Å²) in [5.41, 5.74) is 1.23. The highest BCUT2D eigenvalue weighted by atomic mass is 35.5. The summed E-state index contributed by atoms with van der Waals surface area (Å²) in [6, 6.07) is 12.5. The van der Waals surface area contributed by atoms with Crippen molar-refractivity contribution in [1.29, 1.82) is 5.26 Å². The number of pyridine rings is 1. The monoisotopic (exact) mass is 299 g/mol. The van der Waals surface area contributed by atoms with E-state index in [1.165, 1.54) is 12.3 Å². The van der Waals surface area contributed by atoms with Gasteiger partial charge in [-0.25, -0.2) is 0 Å². The zero-order valence-electron chi connectivity index (χ0n) is 11.7. The van der Waals surface area contributed by atoms with Gasteiger partial charge in [0.1, 0.15) is 5.69 Å². The van der Waals surface area contributed by atoms with Crippen LogP contribution < -0.4 is 5.32 Å². The van der Waals surface area contributed by atoms with Crippen LogP contribution >= 0.6 is 11.6 Å². The van der Waals surface area contributed by atoms with Crippen LogP contribution in [0.1, 0.15) is 29.9 Å². The quantitative estimate of drug-likeness (QED) is 0.937. The molecule has 2 aromatic rings. The van der Waals surface area contributed by atoms with Crippen LogP contribution in [0, 0.1) is 11.3 Å². The van der Waals surface area contributed by atoms with Crippen LogP contribution in [-0.4, -0.2) is 10.9 Å². The number of nitrogens with zero attached hydrogens (tertiary/aromatic N) is 2. The summed E-state index contributed by atoms with van der Waals surface area (Å²) < 4.78 is 0. The van der Waals surface area contributed by atoms with Gasteiger partial charge >= 0.3 is 0 Å². The Morgan fingerprint density at radius 2 is 1.95 bits per heavy atom. The highest BCUT2D eigenvalue weighted by Gasteiger charge is 2.19. The molecule has 0 unspecified atom stereocenters. The van der Waals surface area contributed by atoms with Crippen molar-refractivity contribution >= 4 is 23.2 Å². The number of nitrogens with one attached hydrogen (secondary N) is 1. The van der Waals surface area contributed by atoms with Crippen molar-refractivity contribution in [3.05, 3.63) is 58.9 Å². The number of halogens is 1. The summed E-state index contributed by atoms with van der Waals surface area (Å²) in [7, 11) is 0. The molecule has 0 aliphatic rings. The van der Waals surface area contributed by atoms with Crippen molar-refractivity contribution < 1.29 is 4.79 Å². The Hall–Kier alpha value is -2.38.